The topological polar surface area (TPSA) is 78.1 Å². The number of aromatic amines is 1. The van der Waals surface area contributed by atoms with E-state index in [2.05, 4.69) is 10.3 Å². The largest absolute Gasteiger partial charge is 0.471 e. The molecule has 1 saturated heterocycles. The van der Waals surface area contributed by atoms with Gasteiger partial charge >= 0.3 is 12.1 Å². The number of benzene rings is 2. The van der Waals surface area contributed by atoms with Gasteiger partial charge in [-0.25, -0.2) is 4.98 Å². The highest BCUT2D eigenvalue weighted by Gasteiger charge is 2.40. The summed E-state index contributed by atoms with van der Waals surface area (Å²) < 4.78 is 37.6. The van der Waals surface area contributed by atoms with E-state index >= 15 is 0 Å². The number of nitrogens with one attached hydrogen (secondary N) is 2. The van der Waals surface area contributed by atoms with Crippen molar-refractivity contribution in [2.75, 3.05) is 13.1 Å². The average Bonchev–Trinajstić information content (AvgIpc) is 3.30. The molecule has 184 valence electrons. The Hall–Kier alpha value is -3.98. The molecule has 36 heavy (non-hydrogen) atoms. The first-order valence-corrected chi connectivity index (χ1v) is 11.5. The number of likely N-dealkylation sites (tertiary alicyclic amines) is 1. The maximum absolute atomic E-state index is 12.5. The Labute approximate surface area is 204 Å². The van der Waals surface area contributed by atoms with Crippen molar-refractivity contribution in [3.8, 4) is 22.4 Å². The molecule has 3 heterocycles. The molecule has 2 N–H and O–H groups in total. The first-order chi connectivity index (χ1) is 17.3. The van der Waals surface area contributed by atoms with Crippen LogP contribution in [0.3, 0.4) is 0 Å². The third-order valence-electron chi connectivity index (χ3n) is 6.34. The number of fused-ring (bicyclic) bond motifs is 1. The van der Waals surface area contributed by atoms with Crippen LogP contribution in [-0.2, 0) is 11.3 Å². The number of halogens is 3. The van der Waals surface area contributed by atoms with Crippen LogP contribution >= 0.6 is 0 Å². The summed E-state index contributed by atoms with van der Waals surface area (Å²) in [5.41, 5.74) is 4.82. The van der Waals surface area contributed by atoms with Gasteiger partial charge in [-0.15, -0.1) is 0 Å². The van der Waals surface area contributed by atoms with Gasteiger partial charge in [0.2, 0.25) is 0 Å². The molecule has 0 aliphatic carbocycles. The molecule has 1 atom stereocenters. The van der Waals surface area contributed by atoms with E-state index in [-0.39, 0.29) is 5.56 Å². The summed E-state index contributed by atoms with van der Waals surface area (Å²) in [5.74, 6) is -1.89. The number of carbonyl (C=O) groups is 1. The van der Waals surface area contributed by atoms with E-state index < -0.39 is 18.1 Å². The number of H-pyrrole nitrogens is 1. The van der Waals surface area contributed by atoms with Crippen LogP contribution in [0.4, 0.5) is 13.2 Å². The normalized spacial score (nSPS) is 16.4. The highest BCUT2D eigenvalue weighted by molar-refractivity contribution is 5.91. The van der Waals surface area contributed by atoms with Crippen LogP contribution in [0.1, 0.15) is 12.0 Å². The van der Waals surface area contributed by atoms with Crippen molar-refractivity contribution >= 4 is 16.8 Å². The Balaban J connectivity index is 1.38. The predicted molar refractivity (Wildman–Crippen MR) is 131 cm³/mol. The summed E-state index contributed by atoms with van der Waals surface area (Å²) in [5, 5.41) is 2.58. The lowest BCUT2D eigenvalue weighted by Gasteiger charge is -2.18. The standard InChI is InChI=1S/C27H23F3N4O2/c28-27(29,30)26(36)32-20-11-13-34(16-20)15-17-6-8-19(9-7-17)24-21(18-4-2-1-3-5-18)14-22-23(33-24)10-12-31-25(22)35/h1-10,12,14,20H,11,13,15-16H2,(H,31,35)(H,32,36)/t20-/m1/s1. The summed E-state index contributed by atoms with van der Waals surface area (Å²) in [4.78, 5) is 33.1. The predicted octanol–water partition coefficient (Wildman–Crippen LogP) is 4.51. The average molecular weight is 493 g/mol. The van der Waals surface area contributed by atoms with E-state index in [1.54, 1.807) is 12.3 Å². The molecule has 0 radical (unpaired) electrons. The lowest BCUT2D eigenvalue weighted by Crippen LogP contribution is -2.44. The Kier molecular flexibility index (Phi) is 6.32. The molecule has 1 aliphatic rings. The molecule has 2 aromatic carbocycles. The van der Waals surface area contributed by atoms with Crippen molar-refractivity contribution in [2.45, 2.75) is 25.2 Å². The van der Waals surface area contributed by atoms with Gasteiger partial charge in [0.05, 0.1) is 16.6 Å². The molecule has 9 heteroatoms. The Morgan fingerprint density at radius 1 is 1.06 bits per heavy atom. The molecule has 0 bridgehead atoms. The molecule has 4 aromatic rings. The highest BCUT2D eigenvalue weighted by Crippen LogP contribution is 2.33. The smallest absolute Gasteiger partial charge is 0.344 e. The lowest BCUT2D eigenvalue weighted by molar-refractivity contribution is -0.174. The van der Waals surface area contributed by atoms with Crippen LogP contribution in [0.15, 0.2) is 77.7 Å². The number of alkyl halides is 3. The minimum absolute atomic E-state index is 0.200. The van der Waals surface area contributed by atoms with Gasteiger partial charge in [0, 0.05) is 43.0 Å². The van der Waals surface area contributed by atoms with Gasteiger partial charge in [-0.2, -0.15) is 13.2 Å². The highest BCUT2D eigenvalue weighted by atomic mass is 19.4. The van der Waals surface area contributed by atoms with E-state index in [1.807, 2.05) is 65.6 Å². The number of amides is 1. The minimum Gasteiger partial charge on any atom is -0.344 e. The summed E-state index contributed by atoms with van der Waals surface area (Å²) in [6.45, 7) is 1.52. The second kappa shape index (κ2) is 9.58. The second-order valence-electron chi connectivity index (χ2n) is 8.88. The van der Waals surface area contributed by atoms with E-state index in [9.17, 15) is 22.8 Å². The van der Waals surface area contributed by atoms with Crippen molar-refractivity contribution < 1.29 is 18.0 Å². The van der Waals surface area contributed by atoms with Crippen LogP contribution in [0.5, 0.6) is 0 Å². The quantitative estimate of drug-likeness (QED) is 0.430. The molecule has 1 fully saturated rings. The van der Waals surface area contributed by atoms with E-state index in [4.69, 9.17) is 4.98 Å². The fraction of sp³-hybridized carbons (Fsp3) is 0.222. The van der Waals surface area contributed by atoms with Gasteiger partial charge in [-0.3, -0.25) is 14.5 Å². The molecule has 6 nitrogen and oxygen atoms in total. The van der Waals surface area contributed by atoms with Crippen molar-refractivity contribution in [2.24, 2.45) is 0 Å². The SMILES string of the molecule is O=C(N[C@@H]1CCN(Cc2ccc(-c3nc4cc[nH]c(=O)c4cc3-c3ccccc3)cc2)C1)C(F)(F)F. The lowest BCUT2D eigenvalue weighted by atomic mass is 9.97. The molecule has 0 unspecified atom stereocenters. The minimum atomic E-state index is -4.87. The summed E-state index contributed by atoms with van der Waals surface area (Å²) in [6.07, 6.45) is -2.82. The fourth-order valence-corrected chi connectivity index (χ4v) is 4.56. The van der Waals surface area contributed by atoms with Gasteiger partial charge in [-0.1, -0.05) is 54.6 Å². The van der Waals surface area contributed by atoms with E-state index in [0.29, 0.717) is 37.0 Å². The van der Waals surface area contributed by atoms with Gasteiger partial charge in [0.15, 0.2) is 0 Å². The van der Waals surface area contributed by atoms with Gasteiger partial charge in [0.1, 0.15) is 0 Å². The van der Waals surface area contributed by atoms with Crippen molar-refractivity contribution in [1.82, 2.24) is 20.2 Å². The number of hydrogen-bond acceptors (Lipinski definition) is 4. The molecular weight excluding hydrogens is 469 g/mol. The summed E-state index contributed by atoms with van der Waals surface area (Å²) in [7, 11) is 0. The number of aromatic nitrogens is 2. The Morgan fingerprint density at radius 3 is 2.53 bits per heavy atom. The maximum atomic E-state index is 12.5. The number of nitrogens with zero attached hydrogens (tertiary/aromatic N) is 2. The number of carbonyl (C=O) groups excluding carboxylic acids is 1. The Morgan fingerprint density at radius 2 is 1.81 bits per heavy atom. The fourth-order valence-electron chi connectivity index (χ4n) is 4.56. The van der Waals surface area contributed by atoms with Crippen LogP contribution in [0.2, 0.25) is 0 Å². The molecule has 2 aromatic heterocycles. The van der Waals surface area contributed by atoms with Gasteiger partial charge in [0.25, 0.3) is 5.56 Å². The maximum Gasteiger partial charge on any atom is 0.471 e. The van der Waals surface area contributed by atoms with Gasteiger partial charge < -0.3 is 10.3 Å². The second-order valence-corrected chi connectivity index (χ2v) is 8.88. The third-order valence-corrected chi connectivity index (χ3v) is 6.34. The molecule has 5 rings (SSSR count). The molecular formula is C27H23F3N4O2. The van der Waals surface area contributed by atoms with Gasteiger partial charge in [-0.05, 0) is 29.7 Å². The molecule has 0 spiro atoms. The first-order valence-electron chi connectivity index (χ1n) is 11.5. The zero-order valence-corrected chi connectivity index (χ0v) is 19.2. The molecule has 1 aliphatic heterocycles. The third kappa shape index (κ3) is 5.01. The van der Waals surface area contributed by atoms with Crippen molar-refractivity contribution in [3.05, 3.63) is 88.8 Å². The van der Waals surface area contributed by atoms with E-state index in [0.717, 1.165) is 27.9 Å². The van der Waals surface area contributed by atoms with Crippen molar-refractivity contribution in [3.63, 3.8) is 0 Å². The monoisotopic (exact) mass is 492 g/mol. The van der Waals surface area contributed by atoms with E-state index in [1.165, 1.54) is 0 Å². The number of pyridine rings is 2. The summed E-state index contributed by atoms with van der Waals surface area (Å²) in [6, 6.07) is 20.7. The summed E-state index contributed by atoms with van der Waals surface area (Å²) >= 11 is 0. The number of rotatable bonds is 5. The first kappa shape index (κ1) is 23.7. The zero-order valence-electron chi connectivity index (χ0n) is 19.2. The molecule has 1 amide bonds. The van der Waals surface area contributed by atoms with Crippen LogP contribution in [0, 0.1) is 0 Å². The van der Waals surface area contributed by atoms with Crippen LogP contribution < -0.4 is 10.9 Å². The van der Waals surface area contributed by atoms with Crippen LogP contribution in [-0.4, -0.2) is 46.1 Å². The van der Waals surface area contributed by atoms with Crippen molar-refractivity contribution in [1.29, 1.82) is 0 Å². The number of hydrogen-bond donors (Lipinski definition) is 2. The zero-order chi connectivity index (χ0) is 25.3. The molecule has 0 saturated carbocycles. The van der Waals surface area contributed by atoms with Crippen LogP contribution in [0.25, 0.3) is 33.3 Å². The Bertz CT molecular complexity index is 1450.